The molecule has 1 aromatic carbocycles. The molecule has 0 spiro atoms. The van der Waals surface area contributed by atoms with Gasteiger partial charge in [0.2, 0.25) is 0 Å². The van der Waals surface area contributed by atoms with Crippen molar-refractivity contribution >= 4 is 46.6 Å². The molecule has 170 valence electrons. The molecule has 1 unspecified atom stereocenters. The van der Waals surface area contributed by atoms with Crippen LogP contribution in [-0.2, 0) is 4.79 Å². The molecule has 2 aliphatic heterocycles. The van der Waals surface area contributed by atoms with Crippen molar-refractivity contribution in [2.45, 2.75) is 12.5 Å². The maximum Gasteiger partial charge on any atom is 0.264 e. The number of amides is 1. The summed E-state index contributed by atoms with van der Waals surface area (Å²) < 4.78 is 0. The minimum atomic E-state index is -1.03. The molecular weight excluding hydrogens is 465 g/mol. The minimum Gasteiger partial charge on any atom is -0.382 e. The smallest absolute Gasteiger partial charge is 0.264 e. The van der Waals surface area contributed by atoms with Crippen LogP contribution in [0.15, 0.2) is 64.8 Å². The number of halogens is 2. The highest BCUT2D eigenvalue weighted by atomic mass is 35.5. The molecule has 1 amide bonds. The molecule has 1 N–H and O–H groups in total. The summed E-state index contributed by atoms with van der Waals surface area (Å²) in [6, 6.07) is 5.27. The van der Waals surface area contributed by atoms with Crippen LogP contribution >= 0.6 is 35.0 Å². The number of allylic oxidation sites excluding steroid dienone is 4. The maximum atomic E-state index is 13.4. The van der Waals surface area contributed by atoms with Gasteiger partial charge in [0, 0.05) is 49.9 Å². The number of nitrogens with zero attached hydrogens (tertiary/aromatic N) is 3. The molecule has 1 aliphatic carbocycles. The number of benzene rings is 1. The lowest BCUT2D eigenvalue weighted by Gasteiger charge is -2.35. The predicted octanol–water partition coefficient (Wildman–Crippen LogP) is 4.34. The minimum absolute atomic E-state index is 0.0572. The van der Waals surface area contributed by atoms with Crippen molar-refractivity contribution in [2.24, 2.45) is 0 Å². The average molecular weight is 492 g/mol. The third kappa shape index (κ3) is 5.26. The summed E-state index contributed by atoms with van der Waals surface area (Å²) >= 11 is 13.8. The van der Waals surface area contributed by atoms with Gasteiger partial charge in [-0.15, -0.1) is 11.8 Å². The van der Waals surface area contributed by atoms with Crippen LogP contribution in [0.4, 0.5) is 5.69 Å². The van der Waals surface area contributed by atoms with Crippen LogP contribution in [0.3, 0.4) is 0 Å². The monoisotopic (exact) mass is 491 g/mol. The molecular formula is C24H27Cl2N3O2S. The molecule has 8 heteroatoms. The van der Waals surface area contributed by atoms with E-state index in [1.54, 1.807) is 47.9 Å². The summed E-state index contributed by atoms with van der Waals surface area (Å²) in [7, 11) is 2.12. The number of piperazine rings is 1. The molecule has 4 rings (SSSR count). The van der Waals surface area contributed by atoms with E-state index in [-0.39, 0.29) is 5.91 Å². The van der Waals surface area contributed by atoms with Crippen LogP contribution < -0.4 is 4.90 Å². The standard InChI is InChI=1S/C24H27Cl2N3O2S/c1-24(31)7-5-17(21(6-8-24)28-11-9-27(2)10-12-28)15-22-23(30)29(13-14-32-22)18-3-4-19(25)20(26)16-18/h3-8,15-16,31H,9-14H2,1-2H3/b22-15-. The van der Waals surface area contributed by atoms with Crippen LogP contribution in [0.5, 0.6) is 0 Å². The van der Waals surface area contributed by atoms with E-state index in [0.717, 1.165) is 48.9 Å². The quantitative estimate of drug-likeness (QED) is 0.637. The number of hydrogen-bond acceptors (Lipinski definition) is 5. The topological polar surface area (TPSA) is 47.0 Å². The number of likely N-dealkylation sites (N-methyl/N-ethyl adjacent to an activating group) is 1. The first-order chi connectivity index (χ1) is 15.2. The number of hydrogen-bond donors (Lipinski definition) is 1. The molecule has 2 heterocycles. The van der Waals surface area contributed by atoms with Gasteiger partial charge in [-0.25, -0.2) is 0 Å². The van der Waals surface area contributed by atoms with Gasteiger partial charge in [-0.3, -0.25) is 4.79 Å². The first-order valence-electron chi connectivity index (χ1n) is 10.6. The third-order valence-corrected chi connectivity index (χ3v) is 7.58. The van der Waals surface area contributed by atoms with Crippen LogP contribution in [0.25, 0.3) is 0 Å². The summed E-state index contributed by atoms with van der Waals surface area (Å²) in [5.74, 6) is 0.727. The van der Waals surface area contributed by atoms with Crippen molar-refractivity contribution in [3.8, 4) is 0 Å². The highest BCUT2D eigenvalue weighted by molar-refractivity contribution is 8.04. The number of anilines is 1. The molecule has 0 saturated carbocycles. The van der Waals surface area contributed by atoms with Gasteiger partial charge in [0.15, 0.2) is 0 Å². The SMILES string of the molecule is CN1CCN(C2=C(/C=C3\SCCN(c4ccc(Cl)c(Cl)c4)C3=O)C=CC(C)(O)C=C2)CC1. The van der Waals surface area contributed by atoms with Gasteiger partial charge in [0.1, 0.15) is 0 Å². The fraction of sp³-hybridized carbons (Fsp3) is 0.375. The maximum absolute atomic E-state index is 13.4. The number of rotatable bonds is 3. The normalized spacial score (nSPS) is 26.3. The average Bonchev–Trinajstić information content (AvgIpc) is 2.91. The number of carbonyl (C=O) groups excluding carboxylic acids is 1. The number of carbonyl (C=O) groups is 1. The molecule has 0 radical (unpaired) electrons. The number of thioether (sulfide) groups is 1. The van der Waals surface area contributed by atoms with E-state index in [2.05, 4.69) is 16.8 Å². The summed E-state index contributed by atoms with van der Waals surface area (Å²) in [5, 5.41) is 11.5. The molecule has 0 bridgehead atoms. The van der Waals surface area contributed by atoms with E-state index >= 15 is 0 Å². The van der Waals surface area contributed by atoms with Gasteiger partial charge in [-0.1, -0.05) is 29.3 Å². The Morgan fingerprint density at radius 3 is 2.50 bits per heavy atom. The summed E-state index contributed by atoms with van der Waals surface area (Å²) in [6.07, 6.45) is 9.43. The second-order valence-electron chi connectivity index (χ2n) is 8.44. The third-order valence-electron chi connectivity index (χ3n) is 5.85. The van der Waals surface area contributed by atoms with Gasteiger partial charge in [-0.05, 0) is 62.0 Å². The lowest BCUT2D eigenvalue weighted by atomic mass is 10.1. The van der Waals surface area contributed by atoms with E-state index in [0.29, 0.717) is 21.5 Å². The zero-order valence-corrected chi connectivity index (χ0v) is 20.6. The van der Waals surface area contributed by atoms with Crippen molar-refractivity contribution < 1.29 is 9.90 Å². The van der Waals surface area contributed by atoms with Gasteiger partial charge in [0.25, 0.3) is 5.91 Å². The molecule has 1 aromatic rings. The van der Waals surface area contributed by atoms with Gasteiger partial charge in [-0.2, -0.15) is 0 Å². The Labute approximate surface area is 203 Å². The summed E-state index contributed by atoms with van der Waals surface area (Å²) in [5.41, 5.74) is 1.66. The van der Waals surface area contributed by atoms with Crippen LogP contribution in [0, 0.1) is 0 Å². The van der Waals surface area contributed by atoms with Crippen molar-refractivity contribution in [1.29, 1.82) is 0 Å². The van der Waals surface area contributed by atoms with E-state index < -0.39 is 5.60 Å². The second kappa shape index (κ2) is 9.65. The van der Waals surface area contributed by atoms with Crippen LogP contribution in [0.2, 0.25) is 10.0 Å². The second-order valence-corrected chi connectivity index (χ2v) is 10.4. The van der Waals surface area contributed by atoms with E-state index in [9.17, 15) is 9.90 Å². The first-order valence-corrected chi connectivity index (χ1v) is 12.4. The lowest BCUT2D eigenvalue weighted by molar-refractivity contribution is -0.114. The molecule has 32 heavy (non-hydrogen) atoms. The van der Waals surface area contributed by atoms with Gasteiger partial charge >= 0.3 is 0 Å². The Kier molecular flexibility index (Phi) is 7.08. The Morgan fingerprint density at radius 1 is 1.06 bits per heavy atom. The van der Waals surface area contributed by atoms with Gasteiger partial charge < -0.3 is 19.8 Å². The van der Waals surface area contributed by atoms with Crippen molar-refractivity contribution in [3.63, 3.8) is 0 Å². The molecule has 1 atom stereocenters. The summed E-state index contributed by atoms with van der Waals surface area (Å²) in [6.45, 7) is 6.10. The van der Waals surface area contributed by atoms with Crippen LogP contribution in [0.1, 0.15) is 6.92 Å². The van der Waals surface area contributed by atoms with Crippen LogP contribution in [-0.4, -0.2) is 71.9 Å². The first kappa shape index (κ1) is 23.5. The molecule has 2 fully saturated rings. The highest BCUT2D eigenvalue weighted by Crippen LogP contribution is 2.34. The van der Waals surface area contributed by atoms with E-state index in [4.69, 9.17) is 23.2 Å². The Morgan fingerprint density at radius 2 is 1.78 bits per heavy atom. The van der Waals surface area contributed by atoms with E-state index in [1.807, 2.05) is 24.3 Å². The Hall–Kier alpha value is -1.70. The fourth-order valence-electron chi connectivity index (χ4n) is 3.89. The van der Waals surface area contributed by atoms with Gasteiger partial charge in [0.05, 0.1) is 20.6 Å². The molecule has 5 nitrogen and oxygen atoms in total. The number of aliphatic hydroxyl groups is 1. The van der Waals surface area contributed by atoms with Crippen molar-refractivity contribution in [3.05, 3.63) is 74.8 Å². The Bertz CT molecular complexity index is 1020. The fourth-order valence-corrected chi connectivity index (χ4v) is 5.12. The molecule has 3 aliphatic rings. The highest BCUT2D eigenvalue weighted by Gasteiger charge is 2.27. The Balaban J connectivity index is 1.68. The van der Waals surface area contributed by atoms with Crippen molar-refractivity contribution in [2.75, 3.05) is 50.4 Å². The largest absolute Gasteiger partial charge is 0.382 e. The zero-order chi connectivity index (χ0) is 22.9. The zero-order valence-electron chi connectivity index (χ0n) is 18.2. The molecule has 0 aromatic heterocycles. The van der Waals surface area contributed by atoms with E-state index in [1.165, 1.54) is 0 Å². The van der Waals surface area contributed by atoms with Crippen molar-refractivity contribution in [1.82, 2.24) is 9.80 Å². The molecule has 2 saturated heterocycles. The predicted molar refractivity (Wildman–Crippen MR) is 134 cm³/mol. The lowest BCUT2D eigenvalue weighted by Crippen LogP contribution is -2.43. The summed E-state index contributed by atoms with van der Waals surface area (Å²) in [4.78, 5) is 20.4.